The Balaban J connectivity index is 0.786. The van der Waals surface area contributed by atoms with Crippen molar-refractivity contribution in [2.45, 2.75) is 181 Å². The molecule has 5 aromatic carbocycles. The predicted octanol–water partition coefficient (Wildman–Crippen LogP) is 13.7. The number of hydrogen-bond acceptors (Lipinski definition) is 10. The van der Waals surface area contributed by atoms with E-state index in [4.69, 9.17) is 9.47 Å². The highest BCUT2D eigenvalue weighted by Crippen LogP contribution is 2.67. The monoisotopic (exact) mass is 1240 g/mol. The number of hydrogen-bond donors (Lipinski definition) is 6. The van der Waals surface area contributed by atoms with Gasteiger partial charge in [-0.25, -0.2) is 0 Å². The van der Waals surface area contributed by atoms with Gasteiger partial charge in [-0.3, -0.25) is 34.6 Å². The average Bonchev–Trinajstić information content (AvgIpc) is 1.70. The van der Waals surface area contributed by atoms with Gasteiger partial charge in [-0.05, 0) is 182 Å². The van der Waals surface area contributed by atoms with Crippen LogP contribution in [-0.2, 0) is 42.5 Å². The first-order valence-corrected chi connectivity index (χ1v) is 33.9. The number of nitrogens with zero attached hydrogens (tertiary/aromatic N) is 1. The van der Waals surface area contributed by atoms with E-state index in [9.17, 15) is 34.4 Å². The highest BCUT2D eigenvalue weighted by Gasteiger charge is 2.59. The summed E-state index contributed by atoms with van der Waals surface area (Å²) < 4.78 is 12.0. The molecule has 0 bridgehead atoms. The van der Waals surface area contributed by atoms with Gasteiger partial charge in [-0.1, -0.05) is 163 Å². The molecular weight excluding hydrogens is 1140 g/mol. The Bertz CT molecular complexity index is 3170. The fourth-order valence-corrected chi connectivity index (χ4v) is 16.4. The molecule has 5 aromatic rings. The minimum absolute atomic E-state index is 0.0493. The van der Waals surface area contributed by atoms with Crippen LogP contribution in [0.4, 0.5) is 11.4 Å². The van der Waals surface area contributed by atoms with Crippen LogP contribution in [-0.4, -0.2) is 78.7 Å². The molecule has 4 aliphatic rings. The molecule has 0 saturated heterocycles. The third kappa shape index (κ3) is 16.9. The van der Waals surface area contributed by atoms with Crippen LogP contribution in [0.5, 0.6) is 5.75 Å². The van der Waals surface area contributed by atoms with E-state index in [0.717, 1.165) is 77.2 Å². The summed E-state index contributed by atoms with van der Waals surface area (Å²) in [6, 6.07) is 38.6. The molecule has 4 amide bonds. The van der Waals surface area contributed by atoms with Gasteiger partial charge in [0.25, 0.3) is 5.69 Å². The highest BCUT2D eigenvalue weighted by molar-refractivity contribution is 5.98. The van der Waals surface area contributed by atoms with Crippen LogP contribution in [0.2, 0.25) is 0 Å². The molecule has 488 valence electrons. The minimum atomic E-state index is -1.21. The number of methoxy groups -OCH3 is 1. The van der Waals surface area contributed by atoms with Crippen molar-refractivity contribution < 1.29 is 38.7 Å². The number of nitrogens with one attached hydrogen (secondary N) is 5. The Hall–Kier alpha value is -7.20. The lowest BCUT2D eigenvalue weighted by Gasteiger charge is -2.58. The average molecular weight is 1240 g/mol. The number of benzene rings is 5. The number of non-ortho nitro benzene ring substituents is 1. The van der Waals surface area contributed by atoms with Crippen molar-refractivity contribution in [1.29, 1.82) is 0 Å². The van der Waals surface area contributed by atoms with E-state index in [1.165, 1.54) is 75.6 Å². The number of allylic oxidation sites excluding steroid dienone is 1. The summed E-state index contributed by atoms with van der Waals surface area (Å²) >= 11 is 0. The molecule has 0 unspecified atom stereocenters. The van der Waals surface area contributed by atoms with Crippen molar-refractivity contribution in [3.05, 3.63) is 183 Å². The van der Waals surface area contributed by atoms with Gasteiger partial charge in [0.1, 0.15) is 17.8 Å². The summed E-state index contributed by atoms with van der Waals surface area (Å²) in [4.78, 5) is 67.0. The summed E-state index contributed by atoms with van der Waals surface area (Å²) in [5.41, 5.74) is 6.15. The van der Waals surface area contributed by atoms with Gasteiger partial charge < -0.3 is 35.8 Å². The van der Waals surface area contributed by atoms with Gasteiger partial charge in [0.15, 0.2) is 0 Å². The maximum Gasteiger partial charge on any atom is 0.269 e. The summed E-state index contributed by atoms with van der Waals surface area (Å²) in [5, 5.41) is 36.8. The van der Waals surface area contributed by atoms with Gasteiger partial charge in [0.2, 0.25) is 23.6 Å². The van der Waals surface area contributed by atoms with Crippen LogP contribution in [0.1, 0.15) is 172 Å². The van der Waals surface area contributed by atoms with Crippen molar-refractivity contribution in [3.63, 3.8) is 0 Å². The van der Waals surface area contributed by atoms with E-state index < -0.39 is 40.3 Å². The van der Waals surface area contributed by atoms with Crippen LogP contribution < -0.4 is 31.3 Å². The Morgan fingerprint density at radius 2 is 1.35 bits per heavy atom. The van der Waals surface area contributed by atoms with Crippen LogP contribution in [0, 0.1) is 56.5 Å². The first-order valence-electron chi connectivity index (χ1n) is 33.9. The standard InChI is InChI=1S/C76H100N6O9/c1-52(2)17-15-18-53(3)65-38-39-66-64-37-30-59-50-63(42-44-74(59,4)67(64)43-45-75(65,66)5)91-48-16-46-77-70(84)40-41-71(85)80-69(49-54-26-33-61(34-27-54)82(88)89)73(87)81-68(72(86)79-60-31-24-55(51-83)25-32-60)23-13-14-47-78-76(56-19-9-7-10-20-56,57-21-11-8-12-22-57)58-28-35-62(90-6)36-29-58/h7-12,19-22,24-36,52-53,63-69,78,83H,13-18,23,37-51H2,1-6H3,(H,77,84)(H,79,86)(H,80,85)(H,81,87)/t53-,63+,64+,65-,66+,67+,68+,69+,74+,75-/m1/s1. The number of carbonyl (C=O) groups excluding carboxylic acids is 4. The second-order valence-corrected chi connectivity index (χ2v) is 27.5. The molecule has 0 spiro atoms. The molecular formula is C76H100N6O9. The second-order valence-electron chi connectivity index (χ2n) is 27.5. The summed E-state index contributed by atoms with van der Waals surface area (Å²) in [6.07, 6.45) is 18.3. The fourth-order valence-electron chi connectivity index (χ4n) is 16.4. The third-order valence-electron chi connectivity index (χ3n) is 21.4. The number of nitro groups is 1. The van der Waals surface area contributed by atoms with E-state index >= 15 is 0 Å². The topological polar surface area (TPSA) is 210 Å². The van der Waals surface area contributed by atoms with E-state index in [-0.39, 0.29) is 55.4 Å². The molecule has 0 heterocycles. The fraction of sp³-hybridized carbons (Fsp3) is 0.526. The Morgan fingerprint density at radius 1 is 0.681 bits per heavy atom. The van der Waals surface area contributed by atoms with E-state index in [1.807, 2.05) is 48.5 Å². The van der Waals surface area contributed by atoms with Gasteiger partial charge in [0, 0.05) is 50.2 Å². The zero-order chi connectivity index (χ0) is 64.5. The number of carbonyl (C=O) groups is 4. The third-order valence-corrected chi connectivity index (χ3v) is 21.4. The summed E-state index contributed by atoms with van der Waals surface area (Å²) in [6.45, 7) is 13.8. The number of rotatable bonds is 32. The lowest BCUT2D eigenvalue weighted by Crippen LogP contribution is -2.53. The molecule has 0 radical (unpaired) electrons. The zero-order valence-corrected chi connectivity index (χ0v) is 54.7. The molecule has 15 nitrogen and oxygen atoms in total. The molecule has 4 aliphatic carbocycles. The van der Waals surface area contributed by atoms with Gasteiger partial charge >= 0.3 is 0 Å². The van der Waals surface area contributed by atoms with Gasteiger partial charge in [-0.2, -0.15) is 0 Å². The minimum Gasteiger partial charge on any atom is -0.497 e. The molecule has 3 saturated carbocycles. The van der Waals surface area contributed by atoms with Crippen LogP contribution in [0.25, 0.3) is 0 Å². The number of ether oxygens (including phenoxy) is 2. The Morgan fingerprint density at radius 3 is 2.01 bits per heavy atom. The molecule has 0 aliphatic heterocycles. The zero-order valence-electron chi connectivity index (χ0n) is 54.7. The van der Waals surface area contributed by atoms with E-state index in [2.05, 4.69) is 104 Å². The van der Waals surface area contributed by atoms with Crippen LogP contribution in [0.3, 0.4) is 0 Å². The second kappa shape index (κ2) is 31.9. The molecule has 9 rings (SSSR count). The first kappa shape index (κ1) is 68.2. The Labute approximate surface area is 540 Å². The molecule has 6 N–H and O–H groups in total. The van der Waals surface area contributed by atoms with Crippen molar-refractivity contribution in [3.8, 4) is 5.75 Å². The maximum absolute atomic E-state index is 14.6. The smallest absolute Gasteiger partial charge is 0.269 e. The number of amides is 4. The SMILES string of the molecule is COc1ccc(C(NCCCC[C@H](NC(=O)[C@H](Cc2ccc([N+](=O)[O-])cc2)NC(=O)CCC(=O)NCCCO[C@H]2CC[C@@]3(C)C(=CC[C@H]4[C@@H]5CC[C@H]([C@H](C)CCCC(C)C)[C@@]5(C)CC[C@@H]43)C2)C(=O)Nc2ccc(CO)cc2)(c2ccccc2)c2ccccc2)cc1. The molecule has 0 aromatic heterocycles. The molecule has 10 atom stereocenters. The number of nitro benzene ring substituents is 1. The van der Waals surface area contributed by atoms with E-state index in [0.29, 0.717) is 61.2 Å². The predicted molar refractivity (Wildman–Crippen MR) is 359 cm³/mol. The quantitative estimate of drug-likeness (QED) is 0.00789. The highest BCUT2D eigenvalue weighted by atomic mass is 16.6. The molecule has 15 heteroatoms. The normalized spacial score (nSPS) is 22.9. The number of aliphatic hydroxyl groups is 1. The maximum atomic E-state index is 14.6. The van der Waals surface area contributed by atoms with Crippen molar-refractivity contribution >= 4 is 35.0 Å². The van der Waals surface area contributed by atoms with Crippen molar-refractivity contribution in [2.24, 2.45) is 46.3 Å². The van der Waals surface area contributed by atoms with Gasteiger partial charge in [0.05, 0.1) is 30.3 Å². The summed E-state index contributed by atoms with van der Waals surface area (Å²) in [7, 11) is 1.64. The van der Waals surface area contributed by atoms with Crippen LogP contribution >= 0.6 is 0 Å². The Kier molecular flexibility index (Phi) is 23.9. The lowest BCUT2D eigenvalue weighted by atomic mass is 9.47. The lowest BCUT2D eigenvalue weighted by molar-refractivity contribution is -0.384. The number of fused-ring (bicyclic) bond motifs is 5. The number of aliphatic hydroxyl groups excluding tert-OH is 1. The van der Waals surface area contributed by atoms with Crippen LogP contribution in [0.15, 0.2) is 145 Å². The number of unbranched alkanes of at least 4 members (excludes halogenated alkanes) is 1. The summed E-state index contributed by atoms with van der Waals surface area (Å²) in [5.74, 6) is 3.58. The largest absolute Gasteiger partial charge is 0.497 e. The van der Waals surface area contributed by atoms with Crippen molar-refractivity contribution in [1.82, 2.24) is 21.3 Å². The van der Waals surface area contributed by atoms with Gasteiger partial charge in [-0.15, -0.1) is 0 Å². The van der Waals surface area contributed by atoms with Crippen molar-refractivity contribution in [2.75, 3.05) is 32.1 Å². The first-order chi connectivity index (χ1) is 43.9. The molecule has 91 heavy (non-hydrogen) atoms. The number of anilines is 1. The molecule has 3 fully saturated rings. The van der Waals surface area contributed by atoms with E-state index in [1.54, 1.807) is 36.9 Å².